The van der Waals surface area contributed by atoms with Crippen LogP contribution < -0.4 is 10.7 Å². The molecular weight excluding hydrogens is 300 g/mol. The Kier molecular flexibility index (Phi) is 5.24. The molecule has 23 heavy (non-hydrogen) atoms. The first-order chi connectivity index (χ1) is 11.1. The van der Waals surface area contributed by atoms with E-state index in [1.165, 1.54) is 12.1 Å². The first kappa shape index (κ1) is 16.0. The SMILES string of the molecule is O=C(CNc1ccccc1)NN=Cc1cc([N+](=O)[O-])ccc1O. The number of rotatable bonds is 6. The molecule has 2 aromatic rings. The zero-order valence-electron chi connectivity index (χ0n) is 12.0. The van der Waals surface area contributed by atoms with Crippen molar-refractivity contribution in [3.63, 3.8) is 0 Å². The van der Waals surface area contributed by atoms with Crippen molar-refractivity contribution in [2.24, 2.45) is 5.10 Å². The number of carbonyl (C=O) groups is 1. The molecule has 0 fully saturated rings. The van der Waals surface area contributed by atoms with Crippen LogP contribution >= 0.6 is 0 Å². The lowest BCUT2D eigenvalue weighted by Gasteiger charge is -2.04. The number of para-hydroxylation sites is 1. The Morgan fingerprint density at radius 1 is 1.26 bits per heavy atom. The van der Waals surface area contributed by atoms with E-state index in [-0.39, 0.29) is 23.5 Å². The standard InChI is InChI=1S/C15H14N4O4/c20-14-7-6-13(19(22)23)8-11(14)9-17-18-15(21)10-16-12-4-2-1-3-5-12/h1-9,16,20H,10H2,(H,18,21). The molecule has 2 rings (SSSR count). The molecule has 8 heteroatoms. The average Bonchev–Trinajstić information content (AvgIpc) is 2.55. The third kappa shape index (κ3) is 4.81. The van der Waals surface area contributed by atoms with Gasteiger partial charge in [-0.15, -0.1) is 0 Å². The van der Waals surface area contributed by atoms with Gasteiger partial charge in [-0.1, -0.05) is 18.2 Å². The molecule has 0 aliphatic rings. The van der Waals surface area contributed by atoms with Crippen LogP contribution in [0.5, 0.6) is 5.75 Å². The van der Waals surface area contributed by atoms with Crippen LogP contribution in [-0.4, -0.2) is 28.7 Å². The fraction of sp³-hybridized carbons (Fsp3) is 0.0667. The van der Waals surface area contributed by atoms with Gasteiger partial charge in [0.1, 0.15) is 5.75 Å². The molecule has 3 N–H and O–H groups in total. The number of phenolic OH excluding ortho intramolecular Hbond substituents is 1. The second-order valence-corrected chi connectivity index (χ2v) is 4.51. The van der Waals surface area contributed by atoms with Crippen molar-refractivity contribution in [1.29, 1.82) is 0 Å². The van der Waals surface area contributed by atoms with Gasteiger partial charge in [0, 0.05) is 23.4 Å². The molecule has 0 saturated carbocycles. The number of hydrogen-bond acceptors (Lipinski definition) is 6. The topological polar surface area (TPSA) is 117 Å². The minimum Gasteiger partial charge on any atom is -0.507 e. The molecule has 8 nitrogen and oxygen atoms in total. The van der Waals surface area contributed by atoms with Gasteiger partial charge in [0.15, 0.2) is 0 Å². The van der Waals surface area contributed by atoms with Crippen molar-refractivity contribution in [2.45, 2.75) is 0 Å². The largest absolute Gasteiger partial charge is 0.507 e. The summed E-state index contributed by atoms with van der Waals surface area (Å²) in [6, 6.07) is 12.7. The number of nitro groups is 1. The lowest BCUT2D eigenvalue weighted by molar-refractivity contribution is -0.384. The summed E-state index contributed by atoms with van der Waals surface area (Å²) in [5, 5.41) is 26.8. The van der Waals surface area contributed by atoms with Crippen molar-refractivity contribution >= 4 is 23.5 Å². The highest BCUT2D eigenvalue weighted by atomic mass is 16.6. The van der Waals surface area contributed by atoms with Gasteiger partial charge >= 0.3 is 0 Å². The molecule has 118 valence electrons. The van der Waals surface area contributed by atoms with E-state index in [2.05, 4.69) is 15.8 Å². The van der Waals surface area contributed by atoms with E-state index in [1.54, 1.807) is 0 Å². The fourth-order valence-corrected chi connectivity index (χ4v) is 1.71. The van der Waals surface area contributed by atoms with Crippen LogP contribution in [0.3, 0.4) is 0 Å². The number of hydrazone groups is 1. The molecule has 2 aromatic carbocycles. The lowest BCUT2D eigenvalue weighted by Crippen LogP contribution is -2.25. The monoisotopic (exact) mass is 314 g/mol. The van der Waals surface area contributed by atoms with E-state index >= 15 is 0 Å². The second-order valence-electron chi connectivity index (χ2n) is 4.51. The first-order valence-corrected chi connectivity index (χ1v) is 6.64. The molecule has 0 aliphatic carbocycles. The second kappa shape index (κ2) is 7.55. The highest BCUT2D eigenvalue weighted by Crippen LogP contribution is 2.21. The molecule has 0 heterocycles. The quantitative estimate of drug-likeness (QED) is 0.427. The Labute approximate surface area is 131 Å². The Hall–Kier alpha value is -3.42. The van der Waals surface area contributed by atoms with Gasteiger partial charge in [-0.05, 0) is 18.2 Å². The first-order valence-electron chi connectivity index (χ1n) is 6.64. The Bertz CT molecular complexity index is 732. The summed E-state index contributed by atoms with van der Waals surface area (Å²) in [6.07, 6.45) is 1.14. The lowest BCUT2D eigenvalue weighted by atomic mass is 10.2. The maximum Gasteiger partial charge on any atom is 0.270 e. The van der Waals surface area contributed by atoms with Gasteiger partial charge in [-0.2, -0.15) is 5.10 Å². The van der Waals surface area contributed by atoms with Crippen LogP contribution in [0.4, 0.5) is 11.4 Å². The molecule has 1 amide bonds. The van der Waals surface area contributed by atoms with Crippen LogP contribution in [0.2, 0.25) is 0 Å². The third-order valence-electron chi connectivity index (χ3n) is 2.84. The van der Waals surface area contributed by atoms with Gasteiger partial charge in [-0.25, -0.2) is 5.43 Å². The summed E-state index contributed by atoms with van der Waals surface area (Å²) in [7, 11) is 0. The van der Waals surface area contributed by atoms with Gasteiger partial charge < -0.3 is 10.4 Å². The zero-order valence-corrected chi connectivity index (χ0v) is 12.0. The van der Waals surface area contributed by atoms with Gasteiger partial charge in [0.2, 0.25) is 0 Å². The number of benzene rings is 2. The number of non-ortho nitro benzene ring substituents is 1. The fourth-order valence-electron chi connectivity index (χ4n) is 1.71. The number of aromatic hydroxyl groups is 1. The number of nitrogens with one attached hydrogen (secondary N) is 2. The maximum atomic E-state index is 11.6. The number of nitro benzene ring substituents is 1. The van der Waals surface area contributed by atoms with Gasteiger partial charge in [0.25, 0.3) is 11.6 Å². The summed E-state index contributed by atoms with van der Waals surface area (Å²) in [5.74, 6) is -0.564. The molecular formula is C15H14N4O4. The molecule has 0 aliphatic heterocycles. The van der Waals surface area contributed by atoms with E-state index in [1.807, 2.05) is 30.3 Å². The Morgan fingerprint density at radius 2 is 2.00 bits per heavy atom. The summed E-state index contributed by atoms with van der Waals surface area (Å²) in [4.78, 5) is 21.7. The number of phenols is 1. The molecule has 0 bridgehead atoms. The number of carbonyl (C=O) groups excluding carboxylic acids is 1. The van der Waals surface area contributed by atoms with Crippen molar-refractivity contribution in [1.82, 2.24) is 5.43 Å². The van der Waals surface area contributed by atoms with Crippen molar-refractivity contribution < 1.29 is 14.8 Å². The summed E-state index contributed by atoms with van der Waals surface area (Å²) in [6.45, 7) is 0.0161. The van der Waals surface area contributed by atoms with E-state index in [0.717, 1.165) is 18.0 Å². The van der Waals surface area contributed by atoms with E-state index < -0.39 is 10.8 Å². The minimum absolute atomic E-state index is 0.0161. The third-order valence-corrected chi connectivity index (χ3v) is 2.84. The van der Waals surface area contributed by atoms with Crippen molar-refractivity contribution in [3.05, 3.63) is 64.2 Å². The van der Waals surface area contributed by atoms with Gasteiger partial charge in [-0.3, -0.25) is 14.9 Å². The molecule has 0 radical (unpaired) electrons. The number of nitrogens with zero attached hydrogens (tertiary/aromatic N) is 2. The summed E-state index contributed by atoms with van der Waals surface area (Å²) < 4.78 is 0. The van der Waals surface area contributed by atoms with Crippen molar-refractivity contribution in [2.75, 3.05) is 11.9 Å². The van der Waals surface area contributed by atoms with Crippen molar-refractivity contribution in [3.8, 4) is 5.75 Å². The van der Waals surface area contributed by atoms with Gasteiger partial charge in [0.05, 0.1) is 17.7 Å². The van der Waals surface area contributed by atoms with E-state index in [9.17, 15) is 20.0 Å². The number of amides is 1. The zero-order chi connectivity index (χ0) is 16.7. The normalized spacial score (nSPS) is 10.4. The molecule has 0 atom stereocenters. The van der Waals surface area contributed by atoms with Crippen LogP contribution in [-0.2, 0) is 4.79 Å². The predicted molar refractivity (Wildman–Crippen MR) is 85.4 cm³/mol. The predicted octanol–water partition coefficient (Wildman–Crippen LogP) is 1.86. The summed E-state index contributed by atoms with van der Waals surface area (Å²) in [5.41, 5.74) is 3.01. The molecule has 0 aromatic heterocycles. The molecule has 0 unspecified atom stereocenters. The van der Waals surface area contributed by atoms with Crippen LogP contribution in [0.1, 0.15) is 5.56 Å². The van der Waals surface area contributed by atoms with E-state index in [0.29, 0.717) is 0 Å². The van der Waals surface area contributed by atoms with Crippen LogP contribution in [0.25, 0.3) is 0 Å². The Balaban J connectivity index is 1.90. The highest BCUT2D eigenvalue weighted by molar-refractivity contribution is 5.86. The molecule has 0 spiro atoms. The highest BCUT2D eigenvalue weighted by Gasteiger charge is 2.08. The maximum absolute atomic E-state index is 11.6. The van der Waals surface area contributed by atoms with Crippen LogP contribution in [0, 0.1) is 10.1 Å². The molecule has 0 saturated heterocycles. The minimum atomic E-state index is -0.584. The summed E-state index contributed by atoms with van der Waals surface area (Å²) >= 11 is 0. The number of anilines is 1. The Morgan fingerprint density at radius 3 is 2.70 bits per heavy atom. The van der Waals surface area contributed by atoms with E-state index in [4.69, 9.17) is 0 Å². The number of hydrogen-bond donors (Lipinski definition) is 3. The smallest absolute Gasteiger partial charge is 0.270 e. The van der Waals surface area contributed by atoms with Crippen LogP contribution in [0.15, 0.2) is 53.6 Å². The average molecular weight is 314 g/mol.